The van der Waals surface area contributed by atoms with Crippen molar-refractivity contribution in [3.63, 3.8) is 0 Å². The van der Waals surface area contributed by atoms with E-state index in [-0.39, 0.29) is 17.8 Å². The number of ether oxygens (including phenoxy) is 1. The van der Waals surface area contributed by atoms with E-state index in [0.717, 1.165) is 43.6 Å². The predicted molar refractivity (Wildman–Crippen MR) is 120 cm³/mol. The van der Waals surface area contributed by atoms with Gasteiger partial charge in [0.15, 0.2) is 0 Å². The van der Waals surface area contributed by atoms with Gasteiger partial charge in [0.05, 0.1) is 6.10 Å². The van der Waals surface area contributed by atoms with Crippen LogP contribution in [0.5, 0.6) is 5.75 Å². The quantitative estimate of drug-likeness (QED) is 0.665. The highest BCUT2D eigenvalue weighted by Gasteiger charge is 2.38. The summed E-state index contributed by atoms with van der Waals surface area (Å²) in [7, 11) is 0. The zero-order chi connectivity index (χ0) is 21.7. The normalized spacial score (nSPS) is 16.0. The number of likely N-dealkylation sites (tertiary alicyclic amines) is 1. The topological polar surface area (TPSA) is 61.8 Å². The number of aromatic hydroxyl groups is 1. The number of esters is 1. The first-order chi connectivity index (χ1) is 14.3. The highest BCUT2D eigenvalue weighted by Crippen LogP contribution is 2.24. The first kappa shape index (κ1) is 22.3. The molecule has 0 aromatic heterocycles. The summed E-state index contributed by atoms with van der Waals surface area (Å²) in [4.78, 5) is 14.7. The van der Waals surface area contributed by atoms with Gasteiger partial charge in [0, 0.05) is 25.7 Å². The van der Waals surface area contributed by atoms with E-state index in [1.165, 1.54) is 5.56 Å². The molecule has 0 spiro atoms. The smallest absolute Gasteiger partial charge is 0.326 e. The van der Waals surface area contributed by atoms with E-state index >= 15 is 0 Å². The van der Waals surface area contributed by atoms with Crippen LogP contribution in [0.1, 0.15) is 46.1 Å². The predicted octanol–water partition coefficient (Wildman–Crippen LogP) is 4.34. The summed E-state index contributed by atoms with van der Waals surface area (Å²) in [6.45, 7) is 10.3. The number of benzene rings is 2. The molecular weight excluding hydrogens is 376 g/mol. The molecule has 5 nitrogen and oxygen atoms in total. The summed E-state index contributed by atoms with van der Waals surface area (Å²) in [6.07, 6.45) is 1.95. The molecule has 2 N–H and O–H groups in total. The van der Waals surface area contributed by atoms with E-state index in [1.807, 2.05) is 39.8 Å². The van der Waals surface area contributed by atoms with Gasteiger partial charge < -0.3 is 15.2 Å². The van der Waals surface area contributed by atoms with Crippen molar-refractivity contribution in [2.24, 2.45) is 0 Å². The molecule has 0 aliphatic carbocycles. The van der Waals surface area contributed by atoms with Crippen molar-refractivity contribution in [2.45, 2.75) is 64.8 Å². The molecule has 162 valence electrons. The zero-order valence-electron chi connectivity index (χ0n) is 18.5. The molecule has 2 aromatic rings. The number of phenolic OH excluding ortho intramolecular Hbond substituents is 1. The number of hydrogen-bond donors (Lipinski definition) is 2. The number of hydrogen-bond acceptors (Lipinski definition) is 5. The Morgan fingerprint density at radius 1 is 1.07 bits per heavy atom. The van der Waals surface area contributed by atoms with Gasteiger partial charge in [0.25, 0.3) is 0 Å². The van der Waals surface area contributed by atoms with Crippen LogP contribution in [0.15, 0.2) is 48.5 Å². The van der Waals surface area contributed by atoms with Crippen molar-refractivity contribution in [2.75, 3.05) is 13.1 Å². The van der Waals surface area contributed by atoms with E-state index in [2.05, 4.69) is 34.5 Å². The van der Waals surface area contributed by atoms with Crippen molar-refractivity contribution >= 4 is 5.97 Å². The molecule has 0 atom stereocenters. The molecule has 1 aliphatic rings. The lowest BCUT2D eigenvalue weighted by molar-refractivity contribution is -0.161. The molecule has 5 heteroatoms. The first-order valence-corrected chi connectivity index (χ1v) is 10.8. The third kappa shape index (κ3) is 5.61. The number of nitrogens with zero attached hydrogens (tertiary/aromatic N) is 1. The maximum atomic E-state index is 12.4. The minimum absolute atomic E-state index is 0.0867. The Morgan fingerprint density at radius 3 is 2.13 bits per heavy atom. The molecule has 1 saturated heterocycles. The average molecular weight is 411 g/mol. The van der Waals surface area contributed by atoms with Crippen LogP contribution < -0.4 is 5.32 Å². The number of phenols is 1. The Bertz CT molecular complexity index is 820. The molecule has 0 radical (unpaired) electrons. The number of carbonyl (C=O) groups excluding carboxylic acids is 1. The molecule has 0 amide bonds. The Kier molecular flexibility index (Phi) is 7.16. The second-order valence-corrected chi connectivity index (χ2v) is 8.90. The minimum Gasteiger partial charge on any atom is -0.508 e. The SMILES string of the molecule is CC(C)OC(=O)C(C)(C)N1CCC(NCc2ccc(-c3ccc(O)cc3)cc2)CC1. The van der Waals surface area contributed by atoms with Crippen LogP contribution in [0.2, 0.25) is 0 Å². The van der Waals surface area contributed by atoms with Gasteiger partial charge in [-0.1, -0.05) is 36.4 Å². The zero-order valence-corrected chi connectivity index (χ0v) is 18.5. The van der Waals surface area contributed by atoms with Crippen molar-refractivity contribution in [1.82, 2.24) is 10.2 Å². The van der Waals surface area contributed by atoms with E-state index in [4.69, 9.17) is 4.74 Å². The van der Waals surface area contributed by atoms with Crippen LogP contribution in [0.25, 0.3) is 11.1 Å². The Balaban J connectivity index is 1.47. The lowest BCUT2D eigenvalue weighted by Gasteiger charge is -2.41. The minimum atomic E-state index is -0.584. The molecule has 0 unspecified atom stereocenters. The maximum absolute atomic E-state index is 12.4. The van der Waals surface area contributed by atoms with Crippen LogP contribution in [-0.2, 0) is 16.1 Å². The third-order valence-corrected chi connectivity index (χ3v) is 5.88. The summed E-state index contributed by atoms with van der Waals surface area (Å²) in [6, 6.07) is 16.3. The fraction of sp³-hybridized carbons (Fsp3) is 0.480. The number of nitrogens with one attached hydrogen (secondary N) is 1. The third-order valence-electron chi connectivity index (χ3n) is 5.88. The summed E-state index contributed by atoms with van der Waals surface area (Å²) in [5.74, 6) is 0.142. The maximum Gasteiger partial charge on any atom is 0.326 e. The molecule has 30 heavy (non-hydrogen) atoms. The monoisotopic (exact) mass is 410 g/mol. The van der Waals surface area contributed by atoms with Gasteiger partial charge >= 0.3 is 5.97 Å². The van der Waals surface area contributed by atoms with Crippen LogP contribution in [0, 0.1) is 0 Å². The first-order valence-electron chi connectivity index (χ1n) is 10.8. The fourth-order valence-corrected chi connectivity index (χ4v) is 3.86. The Hall–Kier alpha value is -2.37. The van der Waals surface area contributed by atoms with Gasteiger partial charge in [0.1, 0.15) is 11.3 Å². The fourth-order valence-electron chi connectivity index (χ4n) is 3.86. The Morgan fingerprint density at radius 2 is 1.60 bits per heavy atom. The lowest BCUT2D eigenvalue weighted by Crippen LogP contribution is -2.56. The molecule has 0 bridgehead atoms. The molecule has 1 heterocycles. The van der Waals surface area contributed by atoms with Crippen molar-refractivity contribution in [1.29, 1.82) is 0 Å². The largest absolute Gasteiger partial charge is 0.508 e. The molecule has 1 aliphatic heterocycles. The highest BCUT2D eigenvalue weighted by atomic mass is 16.5. The van der Waals surface area contributed by atoms with Gasteiger partial charge in [-0.2, -0.15) is 0 Å². The van der Waals surface area contributed by atoms with Gasteiger partial charge in [-0.05, 0) is 69.4 Å². The van der Waals surface area contributed by atoms with Gasteiger partial charge in [-0.15, -0.1) is 0 Å². The van der Waals surface area contributed by atoms with E-state index in [0.29, 0.717) is 6.04 Å². The summed E-state index contributed by atoms with van der Waals surface area (Å²) >= 11 is 0. The lowest BCUT2D eigenvalue weighted by atomic mass is 9.96. The van der Waals surface area contributed by atoms with Crippen molar-refractivity contribution in [3.8, 4) is 16.9 Å². The highest BCUT2D eigenvalue weighted by molar-refractivity contribution is 5.80. The van der Waals surface area contributed by atoms with Gasteiger partial charge in [0.2, 0.25) is 0 Å². The molecular formula is C25H34N2O3. The molecule has 1 fully saturated rings. The van der Waals surface area contributed by atoms with E-state index < -0.39 is 5.54 Å². The van der Waals surface area contributed by atoms with Crippen molar-refractivity contribution < 1.29 is 14.6 Å². The number of carbonyl (C=O) groups is 1. The second-order valence-electron chi connectivity index (χ2n) is 8.90. The molecule has 3 rings (SSSR count). The van der Waals surface area contributed by atoms with Crippen LogP contribution in [0.3, 0.4) is 0 Å². The Labute approximate surface area is 180 Å². The number of rotatable bonds is 7. The molecule has 0 saturated carbocycles. The van der Waals surface area contributed by atoms with Crippen molar-refractivity contribution in [3.05, 3.63) is 54.1 Å². The summed E-state index contributed by atoms with van der Waals surface area (Å²) in [5.41, 5.74) is 2.90. The van der Waals surface area contributed by atoms with E-state index in [1.54, 1.807) is 12.1 Å². The summed E-state index contributed by atoms with van der Waals surface area (Å²) in [5, 5.41) is 13.1. The van der Waals surface area contributed by atoms with Gasteiger partial charge in [-0.25, -0.2) is 0 Å². The summed E-state index contributed by atoms with van der Waals surface area (Å²) < 4.78 is 5.44. The standard InChI is InChI=1S/C25H34N2O3/c1-18(2)30-24(29)25(3,4)27-15-13-22(14-16-27)26-17-19-5-7-20(8-6-19)21-9-11-23(28)12-10-21/h5-12,18,22,26,28H,13-17H2,1-4H3. The van der Waals surface area contributed by atoms with Crippen LogP contribution in [-0.4, -0.2) is 46.7 Å². The number of piperidine rings is 1. The van der Waals surface area contributed by atoms with Crippen LogP contribution in [0.4, 0.5) is 0 Å². The van der Waals surface area contributed by atoms with Gasteiger partial charge in [-0.3, -0.25) is 9.69 Å². The van der Waals surface area contributed by atoms with Crippen LogP contribution >= 0.6 is 0 Å². The average Bonchev–Trinajstić information content (AvgIpc) is 2.73. The second kappa shape index (κ2) is 9.63. The van der Waals surface area contributed by atoms with E-state index in [9.17, 15) is 9.90 Å². The molecule has 2 aromatic carbocycles.